The van der Waals surface area contributed by atoms with Crippen LogP contribution in [0.25, 0.3) is 17.0 Å². The zero-order valence-corrected chi connectivity index (χ0v) is 15.8. The number of hydrogen-bond donors (Lipinski definition) is 3. The second kappa shape index (κ2) is 8.76. The van der Waals surface area contributed by atoms with Gasteiger partial charge >= 0.3 is 0 Å². The van der Waals surface area contributed by atoms with Crippen LogP contribution in [0.15, 0.2) is 54.9 Å². The Labute approximate surface area is 168 Å². The number of anilines is 1. The van der Waals surface area contributed by atoms with Gasteiger partial charge in [0.15, 0.2) is 0 Å². The maximum absolute atomic E-state index is 11.0. The van der Waals surface area contributed by atoms with Crippen molar-refractivity contribution in [1.82, 2.24) is 25.3 Å². The summed E-state index contributed by atoms with van der Waals surface area (Å²) >= 11 is 0. The zero-order chi connectivity index (χ0) is 20.1. The van der Waals surface area contributed by atoms with Crippen LogP contribution in [0.2, 0.25) is 0 Å². The first-order chi connectivity index (χ1) is 14.2. The minimum absolute atomic E-state index is 0.298. The summed E-state index contributed by atoms with van der Waals surface area (Å²) in [5.74, 6) is 0.0883. The molecule has 0 saturated carbocycles. The highest BCUT2D eigenvalue weighted by Crippen LogP contribution is 2.18. The molecule has 3 heterocycles. The number of hydroxylamine groups is 1. The monoisotopic (exact) mass is 390 g/mol. The van der Waals surface area contributed by atoms with Gasteiger partial charge in [0.1, 0.15) is 5.82 Å². The van der Waals surface area contributed by atoms with Gasteiger partial charge in [0.25, 0.3) is 5.91 Å². The Hall–Kier alpha value is -3.36. The SMILES string of the molecule is O=C(/C=C/c1cnc(N[C@@H]2CCN(Cc3ccc4ccccc4n3)C2)cn1)NO. The lowest BCUT2D eigenvalue weighted by atomic mass is 10.2. The van der Waals surface area contributed by atoms with Gasteiger partial charge in [0, 0.05) is 37.1 Å². The Morgan fingerprint density at radius 2 is 2.10 bits per heavy atom. The molecule has 1 aliphatic heterocycles. The van der Waals surface area contributed by atoms with Crippen LogP contribution in [-0.4, -0.2) is 50.1 Å². The van der Waals surface area contributed by atoms with Crippen molar-refractivity contribution in [2.24, 2.45) is 0 Å². The highest BCUT2D eigenvalue weighted by atomic mass is 16.5. The Morgan fingerprint density at radius 3 is 2.93 bits per heavy atom. The van der Waals surface area contributed by atoms with E-state index in [1.54, 1.807) is 12.4 Å². The molecule has 8 heteroatoms. The van der Waals surface area contributed by atoms with Crippen LogP contribution in [0, 0.1) is 0 Å². The van der Waals surface area contributed by atoms with E-state index < -0.39 is 5.91 Å². The topological polar surface area (TPSA) is 103 Å². The van der Waals surface area contributed by atoms with Crippen molar-refractivity contribution in [3.63, 3.8) is 0 Å². The predicted molar refractivity (Wildman–Crippen MR) is 110 cm³/mol. The molecule has 8 nitrogen and oxygen atoms in total. The minimum atomic E-state index is -0.610. The molecule has 3 N–H and O–H groups in total. The second-order valence-electron chi connectivity index (χ2n) is 7.00. The summed E-state index contributed by atoms with van der Waals surface area (Å²) in [5.41, 5.74) is 4.17. The molecule has 1 atom stereocenters. The van der Waals surface area contributed by atoms with E-state index in [-0.39, 0.29) is 0 Å². The van der Waals surface area contributed by atoms with Gasteiger partial charge in [-0.2, -0.15) is 0 Å². The molecule has 2 aromatic heterocycles. The molecule has 1 aromatic carbocycles. The number of carbonyl (C=O) groups is 1. The summed E-state index contributed by atoms with van der Waals surface area (Å²) in [6.45, 7) is 2.73. The maximum Gasteiger partial charge on any atom is 0.267 e. The maximum atomic E-state index is 11.0. The highest BCUT2D eigenvalue weighted by Gasteiger charge is 2.23. The highest BCUT2D eigenvalue weighted by molar-refractivity contribution is 5.90. The van der Waals surface area contributed by atoms with E-state index in [1.165, 1.54) is 17.6 Å². The van der Waals surface area contributed by atoms with Gasteiger partial charge in [-0.15, -0.1) is 0 Å². The number of nitrogens with zero attached hydrogens (tertiary/aromatic N) is 4. The van der Waals surface area contributed by atoms with E-state index in [1.807, 2.05) is 18.2 Å². The molecule has 1 saturated heterocycles. The van der Waals surface area contributed by atoms with Crippen LogP contribution in [0.5, 0.6) is 0 Å². The minimum Gasteiger partial charge on any atom is -0.365 e. The van der Waals surface area contributed by atoms with E-state index in [0.717, 1.165) is 42.7 Å². The average molecular weight is 390 g/mol. The summed E-state index contributed by atoms with van der Waals surface area (Å²) in [5, 5.41) is 13.0. The standard InChI is InChI=1S/C21H22N6O2/c28-21(26-29)8-7-16-11-23-20(12-22-16)25-18-9-10-27(14-18)13-17-6-5-15-3-1-2-4-19(15)24-17/h1-8,11-12,18,29H,9-10,13-14H2,(H,23,25)(H,26,28)/b8-7+/t18-/m1/s1. The molecule has 1 amide bonds. The van der Waals surface area contributed by atoms with Gasteiger partial charge in [-0.3, -0.25) is 24.9 Å². The molecule has 0 radical (unpaired) electrons. The van der Waals surface area contributed by atoms with Crippen LogP contribution in [0.4, 0.5) is 5.82 Å². The first-order valence-corrected chi connectivity index (χ1v) is 9.47. The molecular formula is C21H22N6O2. The number of pyridine rings is 1. The summed E-state index contributed by atoms with van der Waals surface area (Å²) in [7, 11) is 0. The second-order valence-corrected chi connectivity index (χ2v) is 7.00. The number of fused-ring (bicyclic) bond motifs is 1. The number of amides is 1. The molecule has 1 fully saturated rings. The number of benzene rings is 1. The molecule has 0 spiro atoms. The quantitative estimate of drug-likeness (QED) is 0.337. The Morgan fingerprint density at radius 1 is 1.21 bits per heavy atom. The van der Waals surface area contributed by atoms with Crippen molar-refractivity contribution in [2.75, 3.05) is 18.4 Å². The molecule has 1 aliphatic rings. The van der Waals surface area contributed by atoms with Gasteiger partial charge in [-0.1, -0.05) is 24.3 Å². The molecule has 0 unspecified atom stereocenters. The summed E-state index contributed by atoms with van der Waals surface area (Å²) < 4.78 is 0. The fourth-order valence-electron chi connectivity index (χ4n) is 3.43. The molecule has 0 aliphatic carbocycles. The van der Waals surface area contributed by atoms with E-state index >= 15 is 0 Å². The van der Waals surface area contributed by atoms with Crippen molar-refractivity contribution >= 4 is 28.7 Å². The molecule has 29 heavy (non-hydrogen) atoms. The Balaban J connectivity index is 1.31. The van der Waals surface area contributed by atoms with Crippen molar-refractivity contribution in [3.8, 4) is 0 Å². The third-order valence-electron chi connectivity index (χ3n) is 4.85. The van der Waals surface area contributed by atoms with E-state index in [2.05, 4.69) is 38.4 Å². The Kier molecular flexibility index (Phi) is 5.73. The predicted octanol–water partition coefficient (Wildman–Crippen LogP) is 2.23. The number of nitrogens with one attached hydrogen (secondary N) is 2. The number of rotatable bonds is 6. The summed E-state index contributed by atoms with van der Waals surface area (Å²) in [6, 6.07) is 12.7. The molecule has 4 rings (SSSR count). The first kappa shape index (κ1) is 19.0. The van der Waals surface area contributed by atoms with Crippen LogP contribution in [0.1, 0.15) is 17.8 Å². The normalized spacial score (nSPS) is 17.1. The lowest BCUT2D eigenvalue weighted by Gasteiger charge is -2.17. The number of aromatic nitrogens is 3. The molecule has 0 bridgehead atoms. The van der Waals surface area contributed by atoms with Gasteiger partial charge in [0.2, 0.25) is 0 Å². The van der Waals surface area contributed by atoms with Gasteiger partial charge in [-0.25, -0.2) is 10.5 Å². The van der Waals surface area contributed by atoms with Gasteiger partial charge < -0.3 is 5.32 Å². The average Bonchev–Trinajstić information content (AvgIpc) is 3.19. The fourth-order valence-corrected chi connectivity index (χ4v) is 3.43. The number of carbonyl (C=O) groups excluding carboxylic acids is 1. The van der Waals surface area contributed by atoms with Crippen LogP contribution < -0.4 is 10.8 Å². The van der Waals surface area contributed by atoms with Crippen molar-refractivity contribution in [2.45, 2.75) is 19.0 Å². The lowest BCUT2D eigenvalue weighted by Crippen LogP contribution is -2.26. The molecule has 148 valence electrons. The van der Waals surface area contributed by atoms with E-state index in [0.29, 0.717) is 17.6 Å². The number of para-hydroxylation sites is 1. The number of hydrogen-bond acceptors (Lipinski definition) is 7. The summed E-state index contributed by atoms with van der Waals surface area (Å²) in [6.07, 6.45) is 6.91. The third-order valence-corrected chi connectivity index (χ3v) is 4.85. The fraction of sp³-hybridized carbons (Fsp3) is 0.238. The van der Waals surface area contributed by atoms with Crippen molar-refractivity contribution in [1.29, 1.82) is 0 Å². The lowest BCUT2D eigenvalue weighted by molar-refractivity contribution is -0.124. The summed E-state index contributed by atoms with van der Waals surface area (Å²) in [4.78, 5) is 26.7. The molecule has 3 aromatic rings. The third kappa shape index (κ3) is 4.92. The zero-order valence-electron chi connectivity index (χ0n) is 15.8. The van der Waals surface area contributed by atoms with Gasteiger partial charge in [-0.05, 0) is 24.6 Å². The van der Waals surface area contributed by atoms with E-state index in [9.17, 15) is 4.79 Å². The van der Waals surface area contributed by atoms with Gasteiger partial charge in [0.05, 0.1) is 29.3 Å². The largest absolute Gasteiger partial charge is 0.365 e. The number of likely N-dealkylation sites (tertiary alicyclic amines) is 1. The molecular weight excluding hydrogens is 368 g/mol. The van der Waals surface area contributed by atoms with Crippen LogP contribution in [0.3, 0.4) is 0 Å². The smallest absolute Gasteiger partial charge is 0.267 e. The van der Waals surface area contributed by atoms with E-state index in [4.69, 9.17) is 10.2 Å². The van der Waals surface area contributed by atoms with Crippen molar-refractivity contribution in [3.05, 3.63) is 66.3 Å². The first-order valence-electron chi connectivity index (χ1n) is 9.47. The van der Waals surface area contributed by atoms with Crippen LogP contribution >= 0.6 is 0 Å². The van der Waals surface area contributed by atoms with Crippen LogP contribution in [-0.2, 0) is 11.3 Å². The Bertz CT molecular complexity index is 1020. The van der Waals surface area contributed by atoms with Crippen molar-refractivity contribution < 1.29 is 10.0 Å².